The first-order valence-corrected chi connectivity index (χ1v) is 5.71. The van der Waals surface area contributed by atoms with Crippen molar-refractivity contribution in [3.05, 3.63) is 63.6 Å². The van der Waals surface area contributed by atoms with E-state index in [4.69, 9.17) is 9.84 Å². The molecule has 0 atom stereocenters. The van der Waals surface area contributed by atoms with Gasteiger partial charge >= 0.3 is 5.97 Å². The van der Waals surface area contributed by atoms with E-state index in [1.54, 1.807) is 0 Å². The van der Waals surface area contributed by atoms with E-state index in [0.29, 0.717) is 0 Å². The average molecular weight is 259 g/mol. The molecule has 1 aromatic carbocycles. The minimum Gasteiger partial charge on any atom is -0.483 e. The summed E-state index contributed by atoms with van der Waals surface area (Å²) in [6.07, 6.45) is 1.27. The summed E-state index contributed by atoms with van der Waals surface area (Å²) in [7, 11) is 0. The number of H-pyrrole nitrogens is 1. The van der Waals surface area contributed by atoms with Crippen molar-refractivity contribution in [2.45, 2.75) is 13.5 Å². The van der Waals surface area contributed by atoms with Crippen LogP contribution < -0.4 is 10.2 Å². The van der Waals surface area contributed by atoms with Gasteiger partial charge in [-0.15, -0.1) is 0 Å². The molecule has 0 amide bonds. The minimum atomic E-state index is -1.18. The monoisotopic (exact) mass is 259 g/mol. The van der Waals surface area contributed by atoms with Gasteiger partial charge in [0.25, 0.3) is 0 Å². The summed E-state index contributed by atoms with van der Waals surface area (Å²) < 4.78 is 5.40. The first-order valence-electron chi connectivity index (χ1n) is 5.71. The fourth-order valence-electron chi connectivity index (χ4n) is 1.62. The summed E-state index contributed by atoms with van der Waals surface area (Å²) in [5, 5.41) is 8.73. The van der Waals surface area contributed by atoms with Gasteiger partial charge in [-0.05, 0) is 18.1 Å². The van der Waals surface area contributed by atoms with Crippen molar-refractivity contribution in [2.24, 2.45) is 0 Å². The zero-order valence-electron chi connectivity index (χ0n) is 10.3. The molecule has 0 spiro atoms. The standard InChI is InChI=1S/C14H13NO4/c1-9-4-2-3-5-10(9)8-19-13-7-15-11(14(17)18)6-12(13)16/h2-7H,8H2,1H3,(H,15,16)(H,17,18). The lowest BCUT2D eigenvalue weighted by Gasteiger charge is -2.08. The van der Waals surface area contributed by atoms with Crippen LogP contribution in [-0.2, 0) is 6.61 Å². The van der Waals surface area contributed by atoms with E-state index < -0.39 is 11.4 Å². The van der Waals surface area contributed by atoms with E-state index >= 15 is 0 Å². The molecule has 0 aliphatic rings. The zero-order chi connectivity index (χ0) is 13.8. The van der Waals surface area contributed by atoms with Crippen LogP contribution in [0.4, 0.5) is 0 Å². The lowest BCUT2D eigenvalue weighted by molar-refractivity contribution is 0.0690. The number of hydrogen-bond acceptors (Lipinski definition) is 3. The summed E-state index contributed by atoms with van der Waals surface area (Å²) in [6, 6.07) is 8.69. The maximum absolute atomic E-state index is 11.6. The van der Waals surface area contributed by atoms with Crippen molar-refractivity contribution in [2.75, 3.05) is 0 Å². The number of carbonyl (C=O) groups is 1. The van der Waals surface area contributed by atoms with E-state index in [-0.39, 0.29) is 18.1 Å². The molecule has 5 heteroatoms. The molecule has 0 saturated carbocycles. The molecule has 1 aromatic heterocycles. The summed E-state index contributed by atoms with van der Waals surface area (Å²) in [5.41, 5.74) is 1.43. The van der Waals surface area contributed by atoms with Crippen molar-refractivity contribution in [3.8, 4) is 5.75 Å². The highest BCUT2D eigenvalue weighted by Gasteiger charge is 2.08. The lowest BCUT2D eigenvalue weighted by atomic mass is 10.1. The summed E-state index contributed by atoms with van der Waals surface area (Å²) in [4.78, 5) is 24.8. The Morgan fingerprint density at radius 3 is 2.74 bits per heavy atom. The van der Waals surface area contributed by atoms with Crippen LogP contribution in [0.2, 0.25) is 0 Å². The molecule has 0 unspecified atom stereocenters. The predicted molar refractivity (Wildman–Crippen MR) is 69.5 cm³/mol. The van der Waals surface area contributed by atoms with Crippen LogP contribution in [0.3, 0.4) is 0 Å². The number of ether oxygens (including phenoxy) is 1. The summed E-state index contributed by atoms with van der Waals surface area (Å²) in [6.45, 7) is 2.22. The molecule has 0 aliphatic heterocycles. The molecular weight excluding hydrogens is 246 g/mol. The van der Waals surface area contributed by atoms with Gasteiger partial charge in [-0.25, -0.2) is 4.79 Å². The van der Waals surface area contributed by atoms with Crippen LogP contribution in [0, 0.1) is 6.92 Å². The maximum Gasteiger partial charge on any atom is 0.352 e. The minimum absolute atomic E-state index is 0.105. The maximum atomic E-state index is 11.6. The number of carboxylic acid groups (broad SMARTS) is 1. The fourth-order valence-corrected chi connectivity index (χ4v) is 1.62. The Morgan fingerprint density at radius 1 is 1.37 bits per heavy atom. The molecular formula is C14H13NO4. The van der Waals surface area contributed by atoms with Gasteiger partial charge in [0.2, 0.25) is 5.43 Å². The van der Waals surface area contributed by atoms with Crippen LogP contribution in [0.15, 0.2) is 41.3 Å². The Hall–Kier alpha value is -2.56. The SMILES string of the molecule is Cc1ccccc1COc1c[nH]c(C(=O)O)cc1=O. The van der Waals surface area contributed by atoms with E-state index in [9.17, 15) is 9.59 Å². The molecule has 0 saturated heterocycles. The van der Waals surface area contributed by atoms with Gasteiger partial charge in [-0.2, -0.15) is 0 Å². The van der Waals surface area contributed by atoms with Crippen LogP contribution in [0.5, 0.6) is 5.75 Å². The van der Waals surface area contributed by atoms with E-state index in [0.717, 1.165) is 17.2 Å². The quantitative estimate of drug-likeness (QED) is 0.879. The number of pyridine rings is 1. The molecule has 0 radical (unpaired) electrons. The van der Waals surface area contributed by atoms with E-state index in [1.165, 1.54) is 6.20 Å². The Balaban J connectivity index is 2.15. The largest absolute Gasteiger partial charge is 0.483 e. The number of nitrogens with one attached hydrogen (secondary N) is 1. The zero-order valence-corrected chi connectivity index (χ0v) is 10.3. The van der Waals surface area contributed by atoms with Crippen molar-refractivity contribution >= 4 is 5.97 Å². The van der Waals surface area contributed by atoms with Crippen molar-refractivity contribution < 1.29 is 14.6 Å². The number of aromatic carboxylic acids is 1. The highest BCUT2D eigenvalue weighted by Crippen LogP contribution is 2.10. The molecule has 2 rings (SSSR count). The van der Waals surface area contributed by atoms with Gasteiger partial charge in [0, 0.05) is 12.3 Å². The molecule has 98 valence electrons. The lowest BCUT2D eigenvalue weighted by Crippen LogP contribution is -2.12. The normalized spacial score (nSPS) is 10.2. The van der Waals surface area contributed by atoms with Crippen LogP contribution in [0.1, 0.15) is 21.6 Å². The summed E-state index contributed by atoms with van der Waals surface area (Å²) >= 11 is 0. The van der Waals surface area contributed by atoms with Crippen molar-refractivity contribution in [3.63, 3.8) is 0 Å². The second-order valence-corrected chi connectivity index (χ2v) is 4.10. The number of aryl methyl sites for hydroxylation is 1. The Kier molecular flexibility index (Phi) is 3.66. The number of carboxylic acids is 1. The van der Waals surface area contributed by atoms with Gasteiger partial charge in [0.1, 0.15) is 12.3 Å². The molecule has 19 heavy (non-hydrogen) atoms. The number of hydrogen-bond donors (Lipinski definition) is 2. The van der Waals surface area contributed by atoms with E-state index in [1.807, 2.05) is 31.2 Å². The van der Waals surface area contributed by atoms with Crippen LogP contribution in [0.25, 0.3) is 0 Å². The smallest absolute Gasteiger partial charge is 0.352 e. The molecule has 0 aliphatic carbocycles. The first kappa shape index (κ1) is 12.9. The number of aromatic amines is 1. The number of aromatic nitrogens is 1. The Labute approximate surface area is 109 Å². The molecule has 5 nitrogen and oxygen atoms in total. The third-order valence-corrected chi connectivity index (χ3v) is 2.75. The average Bonchev–Trinajstić information content (AvgIpc) is 2.39. The van der Waals surface area contributed by atoms with Crippen molar-refractivity contribution in [1.29, 1.82) is 0 Å². The highest BCUT2D eigenvalue weighted by atomic mass is 16.5. The second kappa shape index (κ2) is 5.39. The summed E-state index contributed by atoms with van der Waals surface area (Å²) in [5.74, 6) is -1.07. The van der Waals surface area contributed by atoms with Gasteiger partial charge in [0.05, 0.1) is 0 Å². The third kappa shape index (κ3) is 3.01. The van der Waals surface area contributed by atoms with Crippen LogP contribution in [-0.4, -0.2) is 16.1 Å². The molecule has 0 bridgehead atoms. The second-order valence-electron chi connectivity index (χ2n) is 4.10. The molecule has 2 aromatic rings. The third-order valence-electron chi connectivity index (χ3n) is 2.75. The Morgan fingerprint density at radius 2 is 2.11 bits per heavy atom. The first-order chi connectivity index (χ1) is 9.08. The molecule has 1 heterocycles. The molecule has 2 N–H and O–H groups in total. The van der Waals surface area contributed by atoms with Gasteiger partial charge in [0.15, 0.2) is 5.75 Å². The number of benzene rings is 1. The topological polar surface area (TPSA) is 79.4 Å². The van der Waals surface area contributed by atoms with Crippen LogP contribution >= 0.6 is 0 Å². The van der Waals surface area contributed by atoms with Gasteiger partial charge < -0.3 is 14.8 Å². The van der Waals surface area contributed by atoms with Gasteiger partial charge in [-0.3, -0.25) is 4.79 Å². The van der Waals surface area contributed by atoms with Crippen molar-refractivity contribution in [1.82, 2.24) is 4.98 Å². The highest BCUT2D eigenvalue weighted by molar-refractivity contribution is 5.85. The molecule has 0 fully saturated rings. The van der Waals surface area contributed by atoms with E-state index in [2.05, 4.69) is 4.98 Å². The Bertz CT molecular complexity index is 660. The fraction of sp³-hybridized carbons (Fsp3) is 0.143. The number of rotatable bonds is 4. The van der Waals surface area contributed by atoms with Gasteiger partial charge in [-0.1, -0.05) is 24.3 Å². The predicted octanol–water partition coefficient (Wildman–Crippen LogP) is 1.96.